The Morgan fingerprint density at radius 3 is 2.41 bits per heavy atom. The predicted molar refractivity (Wildman–Crippen MR) is 155 cm³/mol. The molecule has 3 amide bonds. The highest BCUT2D eigenvalue weighted by molar-refractivity contribution is 6.39. The summed E-state index contributed by atoms with van der Waals surface area (Å²) in [6, 6.07) is 15.4. The van der Waals surface area contributed by atoms with E-state index in [0.29, 0.717) is 18.5 Å². The molecule has 1 saturated heterocycles. The molecule has 0 bridgehead atoms. The number of methoxy groups -OCH3 is 1. The Kier molecular flexibility index (Phi) is 7.65. The van der Waals surface area contributed by atoms with E-state index in [1.807, 2.05) is 41.3 Å². The number of furan rings is 1. The van der Waals surface area contributed by atoms with Gasteiger partial charge in [-0.2, -0.15) is 0 Å². The number of hydrogen-bond acceptors (Lipinski definition) is 7. The zero-order valence-electron chi connectivity index (χ0n) is 23.2. The number of amides is 3. The maximum absolute atomic E-state index is 12.9. The molecule has 0 spiro atoms. The Balaban J connectivity index is 1.08. The summed E-state index contributed by atoms with van der Waals surface area (Å²) in [6.45, 7) is 4.17. The van der Waals surface area contributed by atoms with E-state index in [0.717, 1.165) is 79.6 Å². The molecule has 3 aromatic rings. The van der Waals surface area contributed by atoms with E-state index in [4.69, 9.17) is 9.15 Å². The van der Waals surface area contributed by atoms with Crippen LogP contribution in [-0.2, 0) is 27.2 Å². The maximum atomic E-state index is 12.9. The number of hydrogen-bond donors (Lipinski definition) is 2. The van der Waals surface area contributed by atoms with Gasteiger partial charge in [0.25, 0.3) is 0 Å². The average Bonchev–Trinajstić information content (AvgIpc) is 3.54. The molecule has 1 fully saturated rings. The maximum Gasteiger partial charge on any atom is 0.313 e. The zero-order chi connectivity index (χ0) is 28.3. The standard InChI is InChI=1S/C31H35N5O5/c1-40-25-9-7-24(8-10-25)34-13-15-35(16-14-34)26(27-5-3-17-41-27)20-32-30(38)31(39)33-23-18-21-4-2-12-36-28(37)11-6-22(19-23)29(21)36/h3,5,7-10,17-19,26H,2,4,6,11-16,20H2,1H3,(H,32,38)(H,33,39). The Hall–Kier alpha value is -4.31. The van der Waals surface area contributed by atoms with Gasteiger partial charge in [-0.3, -0.25) is 19.3 Å². The molecular weight excluding hydrogens is 522 g/mol. The topological polar surface area (TPSA) is 107 Å². The third kappa shape index (κ3) is 5.65. The fourth-order valence-corrected chi connectivity index (χ4v) is 6.16. The van der Waals surface area contributed by atoms with Gasteiger partial charge in [-0.15, -0.1) is 0 Å². The molecule has 4 heterocycles. The second-order valence-electron chi connectivity index (χ2n) is 10.7. The normalized spacial score (nSPS) is 17.5. The number of benzene rings is 2. The lowest BCUT2D eigenvalue weighted by atomic mass is 9.91. The number of rotatable bonds is 7. The lowest BCUT2D eigenvalue weighted by molar-refractivity contribution is -0.136. The largest absolute Gasteiger partial charge is 0.497 e. The highest BCUT2D eigenvalue weighted by Gasteiger charge is 2.31. The molecule has 10 heteroatoms. The molecule has 3 aliphatic rings. The lowest BCUT2D eigenvalue weighted by Crippen LogP contribution is -2.50. The summed E-state index contributed by atoms with van der Waals surface area (Å²) in [5.74, 6) is 0.328. The van der Waals surface area contributed by atoms with Crippen LogP contribution in [0, 0.1) is 0 Å². The Morgan fingerprint density at radius 2 is 1.71 bits per heavy atom. The van der Waals surface area contributed by atoms with Crippen LogP contribution in [0.1, 0.15) is 35.8 Å². The van der Waals surface area contributed by atoms with Crippen molar-refractivity contribution in [2.75, 3.05) is 61.5 Å². The van der Waals surface area contributed by atoms with Crippen LogP contribution in [0.3, 0.4) is 0 Å². The minimum absolute atomic E-state index is 0.155. The second-order valence-corrected chi connectivity index (χ2v) is 10.7. The number of anilines is 3. The van der Waals surface area contributed by atoms with Gasteiger partial charge in [-0.1, -0.05) is 0 Å². The summed E-state index contributed by atoms with van der Waals surface area (Å²) in [4.78, 5) is 44.6. The van der Waals surface area contributed by atoms with Crippen molar-refractivity contribution < 1.29 is 23.5 Å². The molecule has 1 unspecified atom stereocenters. The average molecular weight is 558 g/mol. The van der Waals surface area contributed by atoms with E-state index in [1.54, 1.807) is 13.4 Å². The van der Waals surface area contributed by atoms with Gasteiger partial charge in [0, 0.05) is 57.1 Å². The van der Waals surface area contributed by atoms with E-state index in [2.05, 4.69) is 32.6 Å². The van der Waals surface area contributed by atoms with Gasteiger partial charge in [-0.05, 0) is 78.9 Å². The molecular formula is C31H35N5O5. The first-order valence-corrected chi connectivity index (χ1v) is 14.2. The van der Waals surface area contributed by atoms with Gasteiger partial charge in [0.1, 0.15) is 11.5 Å². The van der Waals surface area contributed by atoms with E-state index in [-0.39, 0.29) is 18.5 Å². The monoisotopic (exact) mass is 557 g/mol. The van der Waals surface area contributed by atoms with Crippen LogP contribution < -0.4 is 25.2 Å². The second kappa shape index (κ2) is 11.7. The molecule has 0 aliphatic carbocycles. The molecule has 1 atom stereocenters. The predicted octanol–water partition coefficient (Wildman–Crippen LogP) is 3.13. The van der Waals surface area contributed by atoms with E-state index in [1.165, 1.54) is 0 Å². The molecule has 2 aromatic carbocycles. The van der Waals surface area contributed by atoms with Crippen LogP contribution >= 0.6 is 0 Å². The Morgan fingerprint density at radius 1 is 0.951 bits per heavy atom. The van der Waals surface area contributed by atoms with E-state index >= 15 is 0 Å². The molecule has 2 N–H and O–H groups in total. The molecule has 214 valence electrons. The van der Waals surface area contributed by atoms with Crippen LogP contribution in [0.15, 0.2) is 59.2 Å². The van der Waals surface area contributed by atoms with Gasteiger partial charge in [-0.25, -0.2) is 0 Å². The number of carbonyl (C=O) groups is 3. The van der Waals surface area contributed by atoms with Crippen molar-refractivity contribution in [3.63, 3.8) is 0 Å². The molecule has 1 aromatic heterocycles. The van der Waals surface area contributed by atoms with Gasteiger partial charge in [0.15, 0.2) is 0 Å². The van der Waals surface area contributed by atoms with E-state index < -0.39 is 11.8 Å². The van der Waals surface area contributed by atoms with Crippen LogP contribution in [0.4, 0.5) is 17.1 Å². The number of nitrogens with zero attached hydrogens (tertiary/aromatic N) is 3. The first-order valence-electron chi connectivity index (χ1n) is 14.2. The van der Waals surface area contributed by atoms with Crippen LogP contribution in [0.5, 0.6) is 5.75 Å². The summed E-state index contributed by atoms with van der Waals surface area (Å²) in [7, 11) is 1.66. The van der Waals surface area contributed by atoms with Crippen molar-refractivity contribution in [3.05, 3.63) is 71.7 Å². The van der Waals surface area contributed by atoms with Crippen LogP contribution in [0.25, 0.3) is 0 Å². The first kappa shape index (κ1) is 26.9. The number of nitrogens with one attached hydrogen (secondary N) is 2. The quantitative estimate of drug-likeness (QED) is 0.430. The summed E-state index contributed by atoms with van der Waals surface area (Å²) in [5, 5.41) is 5.61. The molecule has 10 nitrogen and oxygen atoms in total. The minimum atomic E-state index is -0.709. The zero-order valence-corrected chi connectivity index (χ0v) is 23.2. The summed E-state index contributed by atoms with van der Waals surface area (Å²) < 4.78 is 11.0. The number of piperazine rings is 1. The fourth-order valence-electron chi connectivity index (χ4n) is 6.16. The Labute approximate surface area is 239 Å². The number of ether oxygens (including phenoxy) is 1. The molecule has 0 saturated carbocycles. The first-order chi connectivity index (χ1) is 20.0. The van der Waals surface area contributed by atoms with Gasteiger partial charge < -0.3 is 29.6 Å². The third-order valence-corrected chi connectivity index (χ3v) is 8.26. The van der Waals surface area contributed by atoms with Crippen molar-refractivity contribution >= 4 is 34.8 Å². The fraction of sp³-hybridized carbons (Fsp3) is 0.387. The molecule has 3 aliphatic heterocycles. The SMILES string of the molecule is COc1ccc(N2CCN(C(CNC(=O)C(=O)Nc3cc4c5c(c3)CCC(=O)N5CCC4)c3ccco3)CC2)cc1. The summed E-state index contributed by atoms with van der Waals surface area (Å²) in [5.41, 5.74) is 4.81. The third-order valence-electron chi connectivity index (χ3n) is 8.26. The molecule has 41 heavy (non-hydrogen) atoms. The summed E-state index contributed by atoms with van der Waals surface area (Å²) >= 11 is 0. The van der Waals surface area contributed by atoms with Gasteiger partial charge in [0.2, 0.25) is 5.91 Å². The van der Waals surface area contributed by atoms with Gasteiger partial charge in [0.05, 0.1) is 25.1 Å². The molecule has 6 rings (SSSR count). The smallest absolute Gasteiger partial charge is 0.313 e. The van der Waals surface area contributed by atoms with Crippen molar-refractivity contribution in [1.82, 2.24) is 10.2 Å². The van der Waals surface area contributed by atoms with Crippen LogP contribution in [-0.4, -0.2) is 69.0 Å². The number of aryl methyl sites for hydroxylation is 2. The minimum Gasteiger partial charge on any atom is -0.497 e. The Bertz CT molecular complexity index is 1400. The van der Waals surface area contributed by atoms with Crippen molar-refractivity contribution in [1.29, 1.82) is 0 Å². The van der Waals surface area contributed by atoms with Crippen molar-refractivity contribution in [2.45, 2.75) is 31.7 Å². The van der Waals surface area contributed by atoms with Crippen LogP contribution in [0.2, 0.25) is 0 Å². The van der Waals surface area contributed by atoms with Crippen molar-refractivity contribution in [3.8, 4) is 5.75 Å². The van der Waals surface area contributed by atoms with Crippen molar-refractivity contribution in [2.24, 2.45) is 0 Å². The van der Waals surface area contributed by atoms with Gasteiger partial charge >= 0.3 is 11.8 Å². The highest BCUT2D eigenvalue weighted by Crippen LogP contribution is 2.38. The van der Waals surface area contributed by atoms with E-state index in [9.17, 15) is 14.4 Å². The molecule has 0 radical (unpaired) electrons. The lowest BCUT2D eigenvalue weighted by Gasteiger charge is -2.39. The number of carbonyl (C=O) groups excluding carboxylic acids is 3. The highest BCUT2D eigenvalue weighted by atomic mass is 16.5. The summed E-state index contributed by atoms with van der Waals surface area (Å²) in [6.07, 6.45) is 4.47.